The molecule has 2 aromatic carbocycles. The van der Waals surface area contributed by atoms with Crippen molar-refractivity contribution in [3.8, 4) is 0 Å². The Bertz CT molecular complexity index is 478. The summed E-state index contributed by atoms with van der Waals surface area (Å²) in [7, 11) is 0. The van der Waals surface area contributed by atoms with Gasteiger partial charge in [0.25, 0.3) is 0 Å². The number of hydrogen-bond donors (Lipinski definition) is 1. The van der Waals surface area contributed by atoms with E-state index in [1.165, 1.54) is 11.1 Å². The van der Waals surface area contributed by atoms with Crippen LogP contribution in [0.3, 0.4) is 0 Å². The highest BCUT2D eigenvalue weighted by atomic mass is 79.9. The first kappa shape index (κ1) is 14.3. The number of nitrogens with one attached hydrogen (secondary N) is 1. The highest BCUT2D eigenvalue weighted by Gasteiger charge is 2.11. The third-order valence-corrected chi connectivity index (χ3v) is 3.84. The zero-order chi connectivity index (χ0) is 13.5. The van der Waals surface area contributed by atoms with Crippen LogP contribution in [0.15, 0.2) is 59.1 Å². The molecule has 0 spiro atoms. The van der Waals surface area contributed by atoms with Crippen LogP contribution in [0.25, 0.3) is 0 Å². The predicted molar refractivity (Wildman–Crippen MR) is 85.6 cm³/mol. The van der Waals surface area contributed by atoms with Crippen molar-refractivity contribution in [2.75, 3.05) is 13.1 Å². The van der Waals surface area contributed by atoms with Crippen LogP contribution < -0.4 is 5.32 Å². The van der Waals surface area contributed by atoms with E-state index in [0.29, 0.717) is 5.92 Å². The normalized spacial score (nSPS) is 12.3. The predicted octanol–water partition coefficient (Wildman–Crippen LogP) is 4.38. The Morgan fingerprint density at radius 3 is 2.32 bits per heavy atom. The van der Waals surface area contributed by atoms with Crippen molar-refractivity contribution in [2.24, 2.45) is 0 Å². The SMILES string of the molecule is CCNCC(Cc1ccc(Br)cc1)c1ccccc1. The van der Waals surface area contributed by atoms with Crippen molar-refractivity contribution in [3.05, 3.63) is 70.2 Å². The fourth-order valence-electron chi connectivity index (χ4n) is 2.26. The van der Waals surface area contributed by atoms with E-state index < -0.39 is 0 Å². The topological polar surface area (TPSA) is 12.0 Å². The molecule has 0 saturated heterocycles. The second-order valence-electron chi connectivity index (χ2n) is 4.75. The lowest BCUT2D eigenvalue weighted by atomic mass is 9.92. The maximum absolute atomic E-state index is 3.49. The second-order valence-corrected chi connectivity index (χ2v) is 5.66. The van der Waals surface area contributed by atoms with Crippen molar-refractivity contribution in [1.29, 1.82) is 0 Å². The summed E-state index contributed by atoms with van der Waals surface area (Å²) in [5.74, 6) is 0.530. The quantitative estimate of drug-likeness (QED) is 0.833. The highest BCUT2D eigenvalue weighted by Crippen LogP contribution is 2.21. The fourth-order valence-corrected chi connectivity index (χ4v) is 2.52. The van der Waals surface area contributed by atoms with Gasteiger partial charge in [0.1, 0.15) is 0 Å². The Hall–Kier alpha value is -1.12. The molecule has 1 nitrogen and oxygen atoms in total. The third-order valence-electron chi connectivity index (χ3n) is 3.31. The van der Waals surface area contributed by atoms with E-state index in [0.717, 1.165) is 24.0 Å². The van der Waals surface area contributed by atoms with Crippen LogP contribution in [0.1, 0.15) is 24.0 Å². The molecule has 1 unspecified atom stereocenters. The Morgan fingerprint density at radius 1 is 1.00 bits per heavy atom. The number of likely N-dealkylation sites (N-methyl/N-ethyl adjacent to an activating group) is 1. The number of benzene rings is 2. The van der Waals surface area contributed by atoms with Gasteiger partial charge < -0.3 is 5.32 Å². The van der Waals surface area contributed by atoms with Crippen LogP contribution in [0.2, 0.25) is 0 Å². The molecule has 0 radical (unpaired) electrons. The van der Waals surface area contributed by atoms with Crippen molar-refractivity contribution in [2.45, 2.75) is 19.3 Å². The molecule has 0 heterocycles. The lowest BCUT2D eigenvalue weighted by molar-refractivity contribution is 0.595. The van der Waals surface area contributed by atoms with E-state index in [-0.39, 0.29) is 0 Å². The van der Waals surface area contributed by atoms with Crippen molar-refractivity contribution >= 4 is 15.9 Å². The van der Waals surface area contributed by atoms with Gasteiger partial charge >= 0.3 is 0 Å². The van der Waals surface area contributed by atoms with E-state index in [1.54, 1.807) is 0 Å². The lowest BCUT2D eigenvalue weighted by Crippen LogP contribution is -2.22. The first-order chi connectivity index (χ1) is 9.29. The van der Waals surface area contributed by atoms with Crippen LogP contribution in [0.5, 0.6) is 0 Å². The minimum atomic E-state index is 0.530. The van der Waals surface area contributed by atoms with Crippen molar-refractivity contribution < 1.29 is 0 Å². The first-order valence-corrected chi connectivity index (χ1v) is 7.59. The minimum absolute atomic E-state index is 0.530. The molecular weight excluding hydrogens is 298 g/mol. The third kappa shape index (κ3) is 4.48. The maximum atomic E-state index is 3.49. The summed E-state index contributed by atoms with van der Waals surface area (Å²) in [6.45, 7) is 4.20. The van der Waals surface area contributed by atoms with Gasteiger partial charge in [-0.2, -0.15) is 0 Å². The Balaban J connectivity index is 2.11. The van der Waals surface area contributed by atoms with Crippen LogP contribution >= 0.6 is 15.9 Å². The van der Waals surface area contributed by atoms with Crippen LogP contribution in [0.4, 0.5) is 0 Å². The van der Waals surface area contributed by atoms with E-state index in [1.807, 2.05) is 0 Å². The molecule has 1 atom stereocenters. The summed E-state index contributed by atoms with van der Waals surface area (Å²) >= 11 is 3.49. The highest BCUT2D eigenvalue weighted by molar-refractivity contribution is 9.10. The van der Waals surface area contributed by atoms with Crippen LogP contribution in [-0.2, 0) is 6.42 Å². The molecule has 0 aliphatic rings. The van der Waals surface area contributed by atoms with Gasteiger partial charge in [0.15, 0.2) is 0 Å². The van der Waals surface area contributed by atoms with E-state index in [9.17, 15) is 0 Å². The van der Waals surface area contributed by atoms with Gasteiger partial charge in [-0.25, -0.2) is 0 Å². The Morgan fingerprint density at radius 2 is 1.68 bits per heavy atom. The summed E-state index contributed by atoms with van der Waals surface area (Å²) in [6, 6.07) is 19.4. The molecule has 0 aromatic heterocycles. The molecule has 1 N–H and O–H groups in total. The molecule has 0 fully saturated rings. The van der Waals surface area contributed by atoms with Gasteiger partial charge in [0.2, 0.25) is 0 Å². The minimum Gasteiger partial charge on any atom is -0.316 e. The molecule has 0 amide bonds. The van der Waals surface area contributed by atoms with Crippen molar-refractivity contribution in [3.63, 3.8) is 0 Å². The zero-order valence-electron chi connectivity index (χ0n) is 11.3. The summed E-state index contributed by atoms with van der Waals surface area (Å²) in [5.41, 5.74) is 2.79. The molecule has 0 saturated carbocycles. The molecule has 0 aliphatic carbocycles. The summed E-state index contributed by atoms with van der Waals surface area (Å²) in [5, 5.41) is 3.47. The lowest BCUT2D eigenvalue weighted by Gasteiger charge is -2.18. The number of rotatable bonds is 6. The van der Waals surface area contributed by atoms with Crippen molar-refractivity contribution in [1.82, 2.24) is 5.32 Å². The van der Waals surface area contributed by atoms with Crippen LogP contribution in [-0.4, -0.2) is 13.1 Å². The molecule has 2 rings (SSSR count). The summed E-state index contributed by atoms with van der Waals surface area (Å²) < 4.78 is 1.14. The van der Waals surface area contributed by atoms with Gasteiger partial charge in [0.05, 0.1) is 0 Å². The fraction of sp³-hybridized carbons (Fsp3) is 0.294. The average molecular weight is 318 g/mol. The molecule has 100 valence electrons. The maximum Gasteiger partial charge on any atom is 0.0175 e. The Labute approximate surface area is 124 Å². The zero-order valence-corrected chi connectivity index (χ0v) is 12.9. The van der Waals surface area contributed by atoms with Gasteiger partial charge in [-0.05, 0) is 36.2 Å². The largest absolute Gasteiger partial charge is 0.316 e. The monoisotopic (exact) mass is 317 g/mol. The molecule has 2 heteroatoms. The van der Waals surface area contributed by atoms with E-state index in [2.05, 4.69) is 82.8 Å². The van der Waals surface area contributed by atoms with Gasteiger partial charge in [0, 0.05) is 16.9 Å². The smallest absolute Gasteiger partial charge is 0.0175 e. The van der Waals surface area contributed by atoms with Gasteiger partial charge in [-0.1, -0.05) is 65.3 Å². The molecular formula is C17H20BrN. The first-order valence-electron chi connectivity index (χ1n) is 6.79. The standard InChI is InChI=1S/C17H20BrN/c1-2-19-13-16(15-6-4-3-5-7-15)12-14-8-10-17(18)11-9-14/h3-11,16,19H,2,12-13H2,1H3. The molecule has 0 aliphatic heterocycles. The van der Waals surface area contributed by atoms with E-state index >= 15 is 0 Å². The molecule has 2 aromatic rings. The van der Waals surface area contributed by atoms with Gasteiger partial charge in [-0.3, -0.25) is 0 Å². The molecule has 0 bridgehead atoms. The van der Waals surface area contributed by atoms with E-state index in [4.69, 9.17) is 0 Å². The summed E-state index contributed by atoms with van der Waals surface area (Å²) in [4.78, 5) is 0. The Kier molecular flexibility index (Phi) is 5.62. The van der Waals surface area contributed by atoms with Crippen LogP contribution in [0, 0.1) is 0 Å². The average Bonchev–Trinajstić information content (AvgIpc) is 2.46. The second kappa shape index (κ2) is 7.46. The number of hydrogen-bond acceptors (Lipinski definition) is 1. The van der Waals surface area contributed by atoms with Gasteiger partial charge in [-0.15, -0.1) is 0 Å². The summed E-state index contributed by atoms with van der Waals surface area (Å²) in [6.07, 6.45) is 1.07. The number of halogens is 1. The molecule has 19 heavy (non-hydrogen) atoms.